The highest BCUT2D eigenvalue weighted by Crippen LogP contribution is 2.35. The topological polar surface area (TPSA) is 146 Å². The molecule has 0 aromatic heterocycles. The molecule has 0 unspecified atom stereocenters. The number of anilines is 1. The van der Waals surface area contributed by atoms with E-state index in [1.807, 2.05) is 6.07 Å². The van der Waals surface area contributed by atoms with E-state index >= 15 is 0 Å². The van der Waals surface area contributed by atoms with E-state index in [2.05, 4.69) is 9.84 Å². The number of carbonyl (C=O) groups is 1. The zero-order chi connectivity index (χ0) is 14.5. The fourth-order valence-corrected chi connectivity index (χ4v) is 1.51. The quantitative estimate of drug-likeness (QED) is 0.554. The van der Waals surface area contributed by atoms with E-state index < -0.39 is 26.4 Å². The van der Waals surface area contributed by atoms with Crippen LogP contribution >= 0.6 is 7.82 Å². The SMILES string of the molecule is N#Cc1cccc(NC(=O)[C@H](N)COP(=O)(O)O)c1. The minimum atomic E-state index is -4.66. The number of carbonyl (C=O) groups excluding carboxylic acids is 1. The van der Waals surface area contributed by atoms with Crippen LogP contribution in [0.5, 0.6) is 0 Å². The maximum atomic E-state index is 11.6. The summed E-state index contributed by atoms with van der Waals surface area (Å²) in [5.74, 6) is -0.677. The normalized spacial score (nSPS) is 12.5. The number of nitrogens with two attached hydrogens (primary N) is 1. The largest absolute Gasteiger partial charge is 0.469 e. The van der Waals surface area contributed by atoms with Gasteiger partial charge in [-0.2, -0.15) is 5.26 Å². The molecule has 0 saturated heterocycles. The van der Waals surface area contributed by atoms with Gasteiger partial charge in [-0.05, 0) is 18.2 Å². The third kappa shape index (κ3) is 5.61. The lowest BCUT2D eigenvalue weighted by Gasteiger charge is -2.13. The van der Waals surface area contributed by atoms with E-state index in [0.717, 1.165) is 0 Å². The van der Waals surface area contributed by atoms with Crippen LogP contribution in [0.2, 0.25) is 0 Å². The molecule has 5 N–H and O–H groups in total. The van der Waals surface area contributed by atoms with E-state index in [1.54, 1.807) is 18.2 Å². The van der Waals surface area contributed by atoms with Gasteiger partial charge in [-0.3, -0.25) is 9.32 Å². The van der Waals surface area contributed by atoms with Crippen molar-refractivity contribution >= 4 is 19.4 Å². The highest BCUT2D eigenvalue weighted by molar-refractivity contribution is 7.46. The molecule has 0 heterocycles. The second kappa shape index (κ2) is 6.43. The van der Waals surface area contributed by atoms with Gasteiger partial charge in [0, 0.05) is 5.69 Å². The zero-order valence-corrected chi connectivity index (χ0v) is 10.6. The van der Waals surface area contributed by atoms with Crippen LogP contribution in [-0.2, 0) is 13.9 Å². The second-order valence-electron chi connectivity index (χ2n) is 3.57. The highest BCUT2D eigenvalue weighted by Gasteiger charge is 2.20. The lowest BCUT2D eigenvalue weighted by Crippen LogP contribution is -2.39. The van der Waals surface area contributed by atoms with Gasteiger partial charge in [-0.1, -0.05) is 6.07 Å². The molecule has 0 spiro atoms. The van der Waals surface area contributed by atoms with Gasteiger partial charge in [0.05, 0.1) is 18.2 Å². The van der Waals surface area contributed by atoms with Crippen molar-refractivity contribution in [3.8, 4) is 6.07 Å². The van der Waals surface area contributed by atoms with E-state index in [4.69, 9.17) is 20.8 Å². The van der Waals surface area contributed by atoms with Crippen LogP contribution in [0.25, 0.3) is 0 Å². The van der Waals surface area contributed by atoms with Gasteiger partial charge in [0.1, 0.15) is 6.04 Å². The number of phosphoric acid groups is 1. The first kappa shape index (κ1) is 15.3. The molecule has 0 bridgehead atoms. The summed E-state index contributed by atoms with van der Waals surface area (Å²) in [6, 6.07) is 6.79. The first-order valence-electron chi connectivity index (χ1n) is 5.08. The number of benzene rings is 1. The molecule has 1 rings (SSSR count). The van der Waals surface area contributed by atoms with Crippen LogP contribution < -0.4 is 11.1 Å². The Morgan fingerprint density at radius 3 is 2.84 bits per heavy atom. The summed E-state index contributed by atoms with van der Waals surface area (Å²) < 4.78 is 14.6. The molecule has 0 fully saturated rings. The van der Waals surface area contributed by atoms with Crippen molar-refractivity contribution in [3.05, 3.63) is 29.8 Å². The molecule has 9 heteroatoms. The van der Waals surface area contributed by atoms with Crippen molar-refractivity contribution < 1.29 is 23.7 Å². The molecule has 0 radical (unpaired) electrons. The van der Waals surface area contributed by atoms with Crippen molar-refractivity contribution in [1.29, 1.82) is 5.26 Å². The van der Waals surface area contributed by atoms with Crippen molar-refractivity contribution in [2.45, 2.75) is 6.04 Å². The first-order valence-corrected chi connectivity index (χ1v) is 6.61. The predicted molar refractivity (Wildman–Crippen MR) is 65.8 cm³/mol. The number of rotatable bonds is 5. The van der Waals surface area contributed by atoms with Crippen molar-refractivity contribution in [2.24, 2.45) is 5.73 Å². The van der Waals surface area contributed by atoms with Gasteiger partial charge in [0.15, 0.2) is 0 Å². The predicted octanol–water partition coefficient (Wildman–Crippen LogP) is -0.0666. The molecule has 1 amide bonds. The molecular weight excluding hydrogens is 273 g/mol. The third-order valence-electron chi connectivity index (χ3n) is 2.02. The van der Waals surface area contributed by atoms with Crippen molar-refractivity contribution in [3.63, 3.8) is 0 Å². The number of amides is 1. The van der Waals surface area contributed by atoms with Gasteiger partial charge in [-0.25, -0.2) is 4.57 Å². The molecule has 19 heavy (non-hydrogen) atoms. The Hall–Kier alpha value is -1.75. The van der Waals surface area contributed by atoms with Crippen LogP contribution in [0.4, 0.5) is 5.69 Å². The van der Waals surface area contributed by atoms with E-state index in [1.165, 1.54) is 6.07 Å². The summed E-state index contributed by atoms with van der Waals surface area (Å²) in [6.45, 7) is -0.617. The second-order valence-corrected chi connectivity index (χ2v) is 4.81. The summed E-state index contributed by atoms with van der Waals surface area (Å²) >= 11 is 0. The average molecular weight is 285 g/mol. The molecule has 0 aliphatic carbocycles. The zero-order valence-electron chi connectivity index (χ0n) is 9.68. The number of nitrogens with one attached hydrogen (secondary N) is 1. The number of phosphoric ester groups is 1. The van der Waals surface area contributed by atoms with Crippen LogP contribution in [0.1, 0.15) is 5.56 Å². The Bertz CT molecular complexity index is 550. The van der Waals surface area contributed by atoms with Crippen molar-refractivity contribution in [2.75, 3.05) is 11.9 Å². The Balaban J connectivity index is 2.59. The Kier molecular flexibility index (Phi) is 5.18. The molecule has 0 aliphatic heterocycles. The van der Waals surface area contributed by atoms with Gasteiger partial charge >= 0.3 is 7.82 Å². The Morgan fingerprint density at radius 2 is 2.26 bits per heavy atom. The lowest BCUT2D eigenvalue weighted by molar-refractivity contribution is -0.118. The minimum Gasteiger partial charge on any atom is -0.325 e. The summed E-state index contributed by atoms with van der Waals surface area (Å²) in [5.41, 5.74) is 6.11. The lowest BCUT2D eigenvalue weighted by atomic mass is 10.2. The molecular formula is C10H12N3O5P. The van der Waals surface area contributed by atoms with Crippen LogP contribution in [0, 0.1) is 11.3 Å². The van der Waals surface area contributed by atoms with Gasteiger partial charge in [0.25, 0.3) is 0 Å². The monoisotopic (exact) mass is 285 g/mol. The van der Waals surface area contributed by atoms with Crippen LogP contribution in [0.3, 0.4) is 0 Å². The smallest absolute Gasteiger partial charge is 0.325 e. The molecule has 1 atom stereocenters. The number of nitrogens with zero attached hydrogens (tertiary/aromatic N) is 1. The maximum Gasteiger partial charge on any atom is 0.469 e. The minimum absolute atomic E-state index is 0.357. The highest BCUT2D eigenvalue weighted by atomic mass is 31.2. The van der Waals surface area contributed by atoms with Gasteiger partial charge in [-0.15, -0.1) is 0 Å². The van der Waals surface area contributed by atoms with E-state index in [-0.39, 0.29) is 0 Å². The average Bonchev–Trinajstić information content (AvgIpc) is 2.35. The fourth-order valence-electron chi connectivity index (χ4n) is 1.15. The van der Waals surface area contributed by atoms with Gasteiger partial charge < -0.3 is 20.8 Å². The Labute approximate surface area is 109 Å². The molecule has 1 aromatic rings. The van der Waals surface area contributed by atoms with Crippen LogP contribution in [-0.4, -0.2) is 28.3 Å². The Morgan fingerprint density at radius 1 is 1.58 bits per heavy atom. The summed E-state index contributed by atoms with van der Waals surface area (Å²) in [4.78, 5) is 28.5. The number of hydrogen-bond acceptors (Lipinski definition) is 5. The molecule has 1 aromatic carbocycles. The van der Waals surface area contributed by atoms with Crippen molar-refractivity contribution in [1.82, 2.24) is 0 Å². The maximum absolute atomic E-state index is 11.6. The van der Waals surface area contributed by atoms with Crippen LogP contribution in [0.15, 0.2) is 24.3 Å². The van der Waals surface area contributed by atoms with E-state index in [9.17, 15) is 9.36 Å². The standard InChI is InChI=1S/C10H12N3O5P/c11-5-7-2-1-3-8(4-7)13-10(14)9(12)6-18-19(15,16)17/h1-4,9H,6,12H2,(H,13,14)(H2,15,16,17)/t9-/m1/s1. The first-order chi connectivity index (χ1) is 8.81. The van der Waals surface area contributed by atoms with Gasteiger partial charge in [0.2, 0.25) is 5.91 Å². The fraction of sp³-hybridized carbons (Fsp3) is 0.200. The number of hydrogen-bond donors (Lipinski definition) is 4. The number of nitriles is 1. The molecule has 102 valence electrons. The molecule has 0 saturated carbocycles. The summed E-state index contributed by atoms with van der Waals surface area (Å²) in [6.07, 6.45) is 0. The third-order valence-corrected chi connectivity index (χ3v) is 2.50. The molecule has 0 aliphatic rings. The van der Waals surface area contributed by atoms with E-state index in [0.29, 0.717) is 11.3 Å². The summed E-state index contributed by atoms with van der Waals surface area (Å²) in [5, 5.41) is 11.1. The summed E-state index contributed by atoms with van der Waals surface area (Å²) in [7, 11) is -4.66. The molecule has 8 nitrogen and oxygen atoms in total.